The molecule has 2 aromatic carbocycles. The van der Waals surface area contributed by atoms with Gasteiger partial charge in [-0.2, -0.15) is 0 Å². The van der Waals surface area contributed by atoms with Crippen molar-refractivity contribution in [1.82, 2.24) is 4.90 Å². The Bertz CT molecular complexity index is 744. The summed E-state index contributed by atoms with van der Waals surface area (Å²) in [6.45, 7) is 4.08. The number of benzene rings is 2. The number of hydrogen-bond acceptors (Lipinski definition) is 3. The molecule has 0 saturated carbocycles. The number of rotatable bonds is 6. The zero-order valence-corrected chi connectivity index (χ0v) is 18.5. The van der Waals surface area contributed by atoms with Crippen molar-refractivity contribution in [3.05, 3.63) is 59.9 Å². The van der Waals surface area contributed by atoms with Crippen LogP contribution in [0.2, 0.25) is 0 Å². The molecule has 0 amide bonds. The van der Waals surface area contributed by atoms with E-state index in [0.717, 1.165) is 57.0 Å². The van der Waals surface area contributed by atoms with Gasteiger partial charge in [0.1, 0.15) is 11.6 Å². The maximum absolute atomic E-state index is 13.0. The Kier molecular flexibility index (Phi) is 8.82. The van der Waals surface area contributed by atoms with Gasteiger partial charge in [-0.05, 0) is 54.8 Å². The molecule has 1 fully saturated rings. The second-order valence-electron chi connectivity index (χ2n) is 6.64. The van der Waals surface area contributed by atoms with E-state index in [9.17, 15) is 4.39 Å². The number of methoxy groups -OCH3 is 1. The number of aryl methyl sites for hydroxylation is 1. The zero-order valence-electron chi connectivity index (χ0n) is 16.2. The fraction of sp³-hybridized carbons (Fsp3) is 0.381. The summed E-state index contributed by atoms with van der Waals surface area (Å²) in [4.78, 5) is 8.89. The summed E-state index contributed by atoms with van der Waals surface area (Å²) in [6.07, 6.45) is 1.93. The first-order valence-corrected chi connectivity index (χ1v) is 9.34. The van der Waals surface area contributed by atoms with E-state index in [1.807, 2.05) is 24.3 Å². The van der Waals surface area contributed by atoms with Gasteiger partial charge in [-0.15, -0.1) is 24.0 Å². The summed E-state index contributed by atoms with van der Waals surface area (Å²) in [5.74, 6) is 1.28. The van der Waals surface area contributed by atoms with Crippen molar-refractivity contribution < 1.29 is 9.13 Å². The van der Waals surface area contributed by atoms with Gasteiger partial charge in [-0.3, -0.25) is 4.99 Å². The average Bonchev–Trinajstić information content (AvgIpc) is 2.72. The molecule has 3 rings (SSSR count). The molecule has 0 spiro atoms. The first-order chi connectivity index (χ1) is 13.2. The second-order valence-corrected chi connectivity index (χ2v) is 6.64. The van der Waals surface area contributed by atoms with E-state index in [2.05, 4.69) is 26.9 Å². The number of aliphatic imine (C=N–C) groups is 1. The Morgan fingerprint density at radius 1 is 1.04 bits per heavy atom. The lowest BCUT2D eigenvalue weighted by Gasteiger charge is -2.36. The molecule has 2 N–H and O–H groups in total. The largest absolute Gasteiger partial charge is 0.497 e. The highest BCUT2D eigenvalue weighted by Crippen LogP contribution is 2.17. The zero-order chi connectivity index (χ0) is 19.1. The molecule has 1 heterocycles. The number of hydrogen-bond donors (Lipinski definition) is 1. The van der Waals surface area contributed by atoms with Gasteiger partial charge in [-0.25, -0.2) is 4.39 Å². The molecule has 0 bridgehead atoms. The predicted molar refractivity (Wildman–Crippen MR) is 123 cm³/mol. The Labute approximate surface area is 183 Å². The molecule has 28 heavy (non-hydrogen) atoms. The minimum atomic E-state index is -0.205. The predicted octanol–water partition coefficient (Wildman–Crippen LogP) is 3.52. The average molecular weight is 498 g/mol. The van der Waals surface area contributed by atoms with E-state index in [-0.39, 0.29) is 29.8 Å². The van der Waals surface area contributed by atoms with Crippen LogP contribution in [0.25, 0.3) is 0 Å². The first-order valence-electron chi connectivity index (χ1n) is 9.34. The van der Waals surface area contributed by atoms with Crippen LogP contribution in [0.3, 0.4) is 0 Å². The summed E-state index contributed by atoms with van der Waals surface area (Å²) >= 11 is 0. The Hall–Kier alpha value is -2.03. The van der Waals surface area contributed by atoms with Crippen LogP contribution in [0.4, 0.5) is 10.1 Å². The number of ether oxygens (including phenoxy) is 1. The molecule has 0 radical (unpaired) electrons. The second kappa shape index (κ2) is 11.1. The fourth-order valence-corrected chi connectivity index (χ4v) is 3.21. The van der Waals surface area contributed by atoms with Crippen LogP contribution < -0.4 is 15.4 Å². The molecule has 2 aromatic rings. The van der Waals surface area contributed by atoms with Crippen molar-refractivity contribution in [2.45, 2.75) is 12.8 Å². The molecule has 0 aliphatic carbocycles. The van der Waals surface area contributed by atoms with Gasteiger partial charge in [-0.1, -0.05) is 12.1 Å². The van der Waals surface area contributed by atoms with Crippen molar-refractivity contribution >= 4 is 35.6 Å². The SMILES string of the molecule is COc1ccc(CCCN=C(N)N2CCN(c3ccc(F)cc3)CC2)cc1.I. The van der Waals surface area contributed by atoms with Crippen LogP contribution in [-0.4, -0.2) is 50.7 Å². The summed E-state index contributed by atoms with van der Waals surface area (Å²) in [5.41, 5.74) is 8.48. The van der Waals surface area contributed by atoms with Gasteiger partial charge in [0, 0.05) is 38.4 Å². The molecule has 152 valence electrons. The van der Waals surface area contributed by atoms with Crippen molar-refractivity contribution in [3.8, 4) is 5.75 Å². The van der Waals surface area contributed by atoms with Gasteiger partial charge in [0.2, 0.25) is 0 Å². The summed E-state index contributed by atoms with van der Waals surface area (Å²) in [6, 6.07) is 14.8. The number of anilines is 1. The number of halogens is 2. The van der Waals surface area contributed by atoms with E-state index >= 15 is 0 Å². The number of piperazine rings is 1. The molecule has 1 aliphatic heterocycles. The summed E-state index contributed by atoms with van der Waals surface area (Å²) < 4.78 is 18.2. The molecule has 7 heteroatoms. The van der Waals surface area contributed by atoms with Gasteiger partial charge >= 0.3 is 0 Å². The van der Waals surface area contributed by atoms with Crippen molar-refractivity contribution in [2.75, 3.05) is 44.7 Å². The lowest BCUT2D eigenvalue weighted by atomic mass is 10.1. The van der Waals surface area contributed by atoms with Crippen LogP contribution in [0.5, 0.6) is 5.75 Å². The number of guanidine groups is 1. The third kappa shape index (κ3) is 6.25. The van der Waals surface area contributed by atoms with E-state index in [4.69, 9.17) is 10.5 Å². The lowest BCUT2D eigenvalue weighted by molar-refractivity contribution is 0.380. The molecular weight excluding hydrogens is 470 g/mol. The summed E-state index contributed by atoms with van der Waals surface area (Å²) in [7, 11) is 1.67. The van der Waals surface area contributed by atoms with E-state index in [1.165, 1.54) is 17.7 Å². The third-order valence-corrected chi connectivity index (χ3v) is 4.85. The Morgan fingerprint density at radius 3 is 2.29 bits per heavy atom. The molecule has 0 unspecified atom stereocenters. The van der Waals surface area contributed by atoms with Gasteiger partial charge in [0.15, 0.2) is 5.96 Å². The van der Waals surface area contributed by atoms with Crippen LogP contribution in [0.15, 0.2) is 53.5 Å². The minimum Gasteiger partial charge on any atom is -0.497 e. The van der Waals surface area contributed by atoms with Crippen LogP contribution in [0, 0.1) is 5.82 Å². The molecule has 1 saturated heterocycles. The third-order valence-electron chi connectivity index (χ3n) is 4.85. The minimum absolute atomic E-state index is 0. The Morgan fingerprint density at radius 2 is 1.68 bits per heavy atom. The quantitative estimate of drug-likeness (QED) is 0.287. The van der Waals surface area contributed by atoms with E-state index in [0.29, 0.717) is 5.96 Å². The number of nitrogens with zero attached hydrogens (tertiary/aromatic N) is 3. The summed E-state index contributed by atoms with van der Waals surface area (Å²) in [5, 5.41) is 0. The Balaban J connectivity index is 0.00000280. The maximum Gasteiger partial charge on any atom is 0.191 e. The standard InChI is InChI=1S/C21H27FN4O.HI/c1-27-20-10-4-17(5-11-20)3-2-12-24-21(23)26-15-13-25(14-16-26)19-8-6-18(22)7-9-19;/h4-11H,2-3,12-16H2,1H3,(H2,23,24);1H. The van der Waals surface area contributed by atoms with Crippen LogP contribution in [-0.2, 0) is 6.42 Å². The highest BCUT2D eigenvalue weighted by Gasteiger charge is 2.18. The highest BCUT2D eigenvalue weighted by molar-refractivity contribution is 14.0. The topological polar surface area (TPSA) is 54.1 Å². The maximum atomic E-state index is 13.0. The van der Waals surface area contributed by atoms with Crippen molar-refractivity contribution in [2.24, 2.45) is 10.7 Å². The fourth-order valence-electron chi connectivity index (χ4n) is 3.21. The van der Waals surface area contributed by atoms with Gasteiger partial charge in [0.25, 0.3) is 0 Å². The molecular formula is C21H28FIN4O. The molecule has 5 nitrogen and oxygen atoms in total. The van der Waals surface area contributed by atoms with Crippen LogP contribution >= 0.6 is 24.0 Å². The van der Waals surface area contributed by atoms with Gasteiger partial charge < -0.3 is 20.3 Å². The van der Waals surface area contributed by atoms with Crippen LogP contribution in [0.1, 0.15) is 12.0 Å². The smallest absolute Gasteiger partial charge is 0.191 e. The van der Waals surface area contributed by atoms with Gasteiger partial charge in [0.05, 0.1) is 7.11 Å². The van der Waals surface area contributed by atoms with Crippen molar-refractivity contribution in [1.29, 1.82) is 0 Å². The monoisotopic (exact) mass is 498 g/mol. The molecule has 0 atom stereocenters. The van der Waals surface area contributed by atoms with E-state index in [1.54, 1.807) is 7.11 Å². The molecule has 0 aromatic heterocycles. The molecule has 1 aliphatic rings. The van der Waals surface area contributed by atoms with E-state index < -0.39 is 0 Å². The first kappa shape index (κ1) is 22.3. The number of nitrogens with two attached hydrogens (primary N) is 1. The highest BCUT2D eigenvalue weighted by atomic mass is 127. The van der Waals surface area contributed by atoms with Crippen molar-refractivity contribution in [3.63, 3.8) is 0 Å². The lowest BCUT2D eigenvalue weighted by Crippen LogP contribution is -2.51. The normalized spacial score (nSPS) is 14.6.